The molecule has 0 spiro atoms. The van der Waals surface area contributed by atoms with Crippen LogP contribution in [0.4, 0.5) is 0 Å². The largest absolute Gasteiger partial charge is 0.379 e. The highest BCUT2D eigenvalue weighted by molar-refractivity contribution is 5.87. The van der Waals surface area contributed by atoms with E-state index in [4.69, 9.17) is 4.74 Å². The number of morpholine rings is 1. The zero-order valence-corrected chi connectivity index (χ0v) is 10.9. The van der Waals surface area contributed by atoms with Crippen molar-refractivity contribution in [3.8, 4) is 0 Å². The van der Waals surface area contributed by atoms with Crippen LogP contribution in [0.1, 0.15) is 6.42 Å². The van der Waals surface area contributed by atoms with E-state index in [1.807, 2.05) is 0 Å². The lowest BCUT2D eigenvalue weighted by Gasteiger charge is -2.28. The molecule has 5 heteroatoms. The van der Waals surface area contributed by atoms with Crippen molar-refractivity contribution in [1.29, 1.82) is 0 Å². The van der Waals surface area contributed by atoms with Crippen LogP contribution in [0.2, 0.25) is 0 Å². The summed E-state index contributed by atoms with van der Waals surface area (Å²) in [5.74, 6) is -0.0602. The van der Waals surface area contributed by atoms with Gasteiger partial charge in [-0.15, -0.1) is 0 Å². The molecule has 0 radical (unpaired) electrons. The molecule has 1 atom stereocenters. The normalized spacial score (nSPS) is 26.1. The lowest BCUT2D eigenvalue weighted by Crippen LogP contribution is -2.42. The van der Waals surface area contributed by atoms with Gasteiger partial charge in [-0.3, -0.25) is 14.6 Å². The minimum atomic E-state index is -0.0602. The Hall–Kier alpha value is -0.910. The average molecular weight is 253 g/mol. The molecule has 2 rings (SSSR count). The van der Waals surface area contributed by atoms with Gasteiger partial charge in [-0.1, -0.05) is 6.58 Å². The molecule has 0 aliphatic carbocycles. The topological polar surface area (TPSA) is 44.8 Å². The third kappa shape index (κ3) is 4.08. The molecule has 0 aromatic heterocycles. The number of carbonyl (C=O) groups excluding carboxylic acids is 1. The number of amides is 1. The molecule has 18 heavy (non-hydrogen) atoms. The highest BCUT2D eigenvalue weighted by Gasteiger charge is 2.23. The standard InChI is InChI=1S/C13H23N3O2/c1-2-13(17)14-12-3-4-16(11-12)6-5-15-7-9-18-10-8-15/h2,12H,1,3-11H2,(H,14,17). The van der Waals surface area contributed by atoms with Crippen LogP contribution in [0, 0.1) is 0 Å². The molecule has 1 unspecified atom stereocenters. The molecule has 0 aromatic carbocycles. The molecule has 1 amide bonds. The van der Waals surface area contributed by atoms with Crippen LogP contribution in [-0.4, -0.2) is 74.2 Å². The van der Waals surface area contributed by atoms with Crippen molar-refractivity contribution in [2.75, 3.05) is 52.5 Å². The van der Waals surface area contributed by atoms with E-state index < -0.39 is 0 Å². The van der Waals surface area contributed by atoms with Crippen molar-refractivity contribution >= 4 is 5.91 Å². The van der Waals surface area contributed by atoms with Crippen LogP contribution in [0.25, 0.3) is 0 Å². The minimum Gasteiger partial charge on any atom is -0.379 e. The smallest absolute Gasteiger partial charge is 0.243 e. The summed E-state index contributed by atoms with van der Waals surface area (Å²) in [4.78, 5) is 16.1. The minimum absolute atomic E-state index is 0.0602. The second-order valence-corrected chi connectivity index (χ2v) is 4.95. The SMILES string of the molecule is C=CC(=O)NC1CCN(CCN2CCOCC2)C1. The number of hydrogen-bond donors (Lipinski definition) is 1. The Bertz CT molecular complexity index is 290. The third-order valence-corrected chi connectivity index (χ3v) is 3.64. The summed E-state index contributed by atoms with van der Waals surface area (Å²) in [7, 11) is 0. The van der Waals surface area contributed by atoms with Crippen LogP contribution >= 0.6 is 0 Å². The summed E-state index contributed by atoms with van der Waals surface area (Å²) in [6.45, 7) is 11.5. The Labute approximate surface area is 109 Å². The second-order valence-electron chi connectivity index (χ2n) is 4.95. The van der Waals surface area contributed by atoms with Gasteiger partial charge >= 0.3 is 0 Å². The van der Waals surface area contributed by atoms with E-state index in [1.165, 1.54) is 6.08 Å². The van der Waals surface area contributed by atoms with E-state index in [0.717, 1.165) is 58.9 Å². The van der Waals surface area contributed by atoms with Gasteiger partial charge in [0.05, 0.1) is 13.2 Å². The van der Waals surface area contributed by atoms with E-state index in [2.05, 4.69) is 21.7 Å². The van der Waals surface area contributed by atoms with E-state index in [9.17, 15) is 4.79 Å². The van der Waals surface area contributed by atoms with Gasteiger partial charge < -0.3 is 10.1 Å². The van der Waals surface area contributed by atoms with Gasteiger partial charge in [0.25, 0.3) is 0 Å². The number of hydrogen-bond acceptors (Lipinski definition) is 4. The molecule has 2 aliphatic rings. The zero-order chi connectivity index (χ0) is 12.8. The van der Waals surface area contributed by atoms with Crippen molar-refractivity contribution in [3.63, 3.8) is 0 Å². The van der Waals surface area contributed by atoms with Crippen molar-refractivity contribution < 1.29 is 9.53 Å². The van der Waals surface area contributed by atoms with Crippen LogP contribution < -0.4 is 5.32 Å². The number of carbonyl (C=O) groups is 1. The van der Waals surface area contributed by atoms with Gasteiger partial charge in [0.15, 0.2) is 0 Å². The van der Waals surface area contributed by atoms with Gasteiger partial charge in [0.1, 0.15) is 0 Å². The molecule has 1 N–H and O–H groups in total. The molecule has 102 valence electrons. The Balaban J connectivity index is 1.63. The third-order valence-electron chi connectivity index (χ3n) is 3.64. The maximum Gasteiger partial charge on any atom is 0.243 e. The van der Waals surface area contributed by atoms with Crippen LogP contribution in [-0.2, 0) is 9.53 Å². The average Bonchev–Trinajstić information content (AvgIpc) is 2.85. The predicted octanol–water partition coefficient (Wildman–Crippen LogP) is -0.305. The van der Waals surface area contributed by atoms with Crippen LogP contribution in [0.15, 0.2) is 12.7 Å². The van der Waals surface area contributed by atoms with Crippen molar-refractivity contribution in [3.05, 3.63) is 12.7 Å². The summed E-state index contributed by atoms with van der Waals surface area (Å²) in [6, 6.07) is 0.292. The van der Waals surface area contributed by atoms with Gasteiger partial charge in [0.2, 0.25) is 5.91 Å². The summed E-state index contributed by atoms with van der Waals surface area (Å²) in [5, 5.41) is 2.96. The first-order valence-electron chi connectivity index (χ1n) is 6.73. The first-order valence-corrected chi connectivity index (χ1v) is 6.73. The molecular formula is C13H23N3O2. The molecule has 0 aromatic rings. The lowest BCUT2D eigenvalue weighted by atomic mass is 10.2. The molecular weight excluding hydrogens is 230 g/mol. The second kappa shape index (κ2) is 6.87. The molecule has 2 aliphatic heterocycles. The number of rotatable bonds is 5. The van der Waals surface area contributed by atoms with Crippen LogP contribution in [0.5, 0.6) is 0 Å². The predicted molar refractivity (Wildman–Crippen MR) is 70.4 cm³/mol. The number of likely N-dealkylation sites (tertiary alicyclic amines) is 1. The first kappa shape index (κ1) is 13.5. The molecule has 0 bridgehead atoms. The fourth-order valence-electron chi connectivity index (χ4n) is 2.52. The maximum atomic E-state index is 11.2. The Morgan fingerprint density at radius 2 is 2.00 bits per heavy atom. The number of nitrogens with one attached hydrogen (secondary N) is 1. The first-order chi connectivity index (χ1) is 8.78. The molecule has 2 heterocycles. The zero-order valence-electron chi connectivity index (χ0n) is 10.9. The summed E-state index contributed by atoms with van der Waals surface area (Å²) >= 11 is 0. The maximum absolute atomic E-state index is 11.2. The van der Waals surface area contributed by atoms with Crippen molar-refractivity contribution in [1.82, 2.24) is 15.1 Å². The van der Waals surface area contributed by atoms with Gasteiger partial charge in [-0.2, -0.15) is 0 Å². The molecule has 0 saturated carbocycles. The van der Waals surface area contributed by atoms with Gasteiger partial charge in [-0.25, -0.2) is 0 Å². The summed E-state index contributed by atoms with van der Waals surface area (Å²) < 4.78 is 5.33. The molecule has 2 fully saturated rings. The van der Waals surface area contributed by atoms with E-state index in [-0.39, 0.29) is 5.91 Å². The Morgan fingerprint density at radius 3 is 2.72 bits per heavy atom. The highest BCUT2D eigenvalue weighted by atomic mass is 16.5. The number of nitrogens with zero attached hydrogens (tertiary/aromatic N) is 2. The molecule has 5 nitrogen and oxygen atoms in total. The quantitative estimate of drug-likeness (QED) is 0.683. The Kier molecular flexibility index (Phi) is 5.16. The van der Waals surface area contributed by atoms with Crippen molar-refractivity contribution in [2.45, 2.75) is 12.5 Å². The summed E-state index contributed by atoms with van der Waals surface area (Å²) in [6.07, 6.45) is 2.39. The monoisotopic (exact) mass is 253 g/mol. The molecule has 2 saturated heterocycles. The highest BCUT2D eigenvalue weighted by Crippen LogP contribution is 2.09. The fraction of sp³-hybridized carbons (Fsp3) is 0.769. The van der Waals surface area contributed by atoms with E-state index >= 15 is 0 Å². The van der Waals surface area contributed by atoms with Crippen LogP contribution in [0.3, 0.4) is 0 Å². The van der Waals surface area contributed by atoms with Gasteiger partial charge in [0, 0.05) is 45.3 Å². The lowest BCUT2D eigenvalue weighted by molar-refractivity contribution is -0.117. The van der Waals surface area contributed by atoms with E-state index in [1.54, 1.807) is 0 Å². The Morgan fingerprint density at radius 1 is 1.28 bits per heavy atom. The van der Waals surface area contributed by atoms with E-state index in [0.29, 0.717) is 6.04 Å². The summed E-state index contributed by atoms with van der Waals surface area (Å²) in [5.41, 5.74) is 0. The fourth-order valence-corrected chi connectivity index (χ4v) is 2.52. The number of ether oxygens (including phenoxy) is 1. The van der Waals surface area contributed by atoms with Gasteiger partial charge in [-0.05, 0) is 12.5 Å². The van der Waals surface area contributed by atoms with Crippen molar-refractivity contribution in [2.24, 2.45) is 0 Å².